The zero-order valence-electron chi connectivity index (χ0n) is 9.39. The van der Waals surface area contributed by atoms with Gasteiger partial charge in [-0.2, -0.15) is 4.98 Å². The van der Waals surface area contributed by atoms with E-state index in [1.807, 2.05) is 37.3 Å². The monoisotopic (exact) mass is 232 g/mol. The molecule has 0 bridgehead atoms. The number of halogens is 1. The molecule has 5 heteroatoms. The van der Waals surface area contributed by atoms with Crippen LogP contribution in [0, 0.1) is 5.82 Å². The van der Waals surface area contributed by atoms with Crippen LogP contribution in [0.15, 0.2) is 36.5 Å². The van der Waals surface area contributed by atoms with Crippen LogP contribution in [0.3, 0.4) is 0 Å². The average molecular weight is 232 g/mol. The number of nitrogens with zero attached hydrogens (tertiary/aromatic N) is 2. The third kappa shape index (κ3) is 2.69. The van der Waals surface area contributed by atoms with E-state index < -0.39 is 5.82 Å². The average Bonchev–Trinajstić information content (AvgIpc) is 2.35. The zero-order valence-corrected chi connectivity index (χ0v) is 9.39. The molecule has 1 aromatic carbocycles. The van der Waals surface area contributed by atoms with Crippen LogP contribution in [-0.4, -0.2) is 9.97 Å². The minimum Gasteiger partial charge on any atom is -0.368 e. The molecule has 3 N–H and O–H groups in total. The van der Waals surface area contributed by atoms with Crippen molar-refractivity contribution in [3.05, 3.63) is 47.9 Å². The molecule has 0 amide bonds. The highest BCUT2D eigenvalue weighted by atomic mass is 19.1. The Morgan fingerprint density at radius 2 is 2.00 bits per heavy atom. The van der Waals surface area contributed by atoms with Crippen LogP contribution in [0.25, 0.3) is 0 Å². The maximum atomic E-state index is 13.4. The number of nitrogens with one attached hydrogen (secondary N) is 1. The summed E-state index contributed by atoms with van der Waals surface area (Å²) < 4.78 is 13.4. The van der Waals surface area contributed by atoms with Crippen molar-refractivity contribution in [3.63, 3.8) is 0 Å². The van der Waals surface area contributed by atoms with Gasteiger partial charge in [0.25, 0.3) is 0 Å². The molecule has 0 aliphatic rings. The maximum absolute atomic E-state index is 13.4. The van der Waals surface area contributed by atoms with Gasteiger partial charge in [0.05, 0.1) is 12.2 Å². The Morgan fingerprint density at radius 3 is 2.71 bits per heavy atom. The van der Waals surface area contributed by atoms with Gasteiger partial charge in [0.15, 0.2) is 11.6 Å². The van der Waals surface area contributed by atoms with E-state index in [1.54, 1.807) is 0 Å². The van der Waals surface area contributed by atoms with Crippen LogP contribution in [0.2, 0.25) is 0 Å². The molecule has 4 nitrogen and oxygen atoms in total. The van der Waals surface area contributed by atoms with Gasteiger partial charge in [-0.15, -0.1) is 0 Å². The lowest BCUT2D eigenvalue weighted by atomic mass is 10.1. The fourth-order valence-electron chi connectivity index (χ4n) is 1.51. The van der Waals surface area contributed by atoms with Gasteiger partial charge < -0.3 is 11.1 Å². The van der Waals surface area contributed by atoms with Gasteiger partial charge in [-0.25, -0.2) is 9.37 Å². The molecule has 1 atom stereocenters. The third-order valence-electron chi connectivity index (χ3n) is 2.42. The molecular formula is C12H13FN4. The van der Waals surface area contributed by atoms with E-state index in [4.69, 9.17) is 5.73 Å². The second-order valence-electron chi connectivity index (χ2n) is 3.70. The number of aromatic nitrogens is 2. The van der Waals surface area contributed by atoms with Crippen molar-refractivity contribution in [1.29, 1.82) is 0 Å². The molecule has 2 rings (SSSR count). The number of nitrogens with two attached hydrogens (primary N) is 1. The van der Waals surface area contributed by atoms with E-state index in [1.165, 1.54) is 0 Å². The van der Waals surface area contributed by atoms with Crippen LogP contribution in [0.4, 0.5) is 16.2 Å². The second-order valence-corrected chi connectivity index (χ2v) is 3.70. The normalized spacial score (nSPS) is 12.1. The lowest BCUT2D eigenvalue weighted by Crippen LogP contribution is -2.11. The molecule has 1 heterocycles. The minimum atomic E-state index is -0.512. The molecule has 1 aromatic heterocycles. The molecule has 0 radical (unpaired) electrons. The molecule has 0 saturated carbocycles. The van der Waals surface area contributed by atoms with E-state index in [9.17, 15) is 4.39 Å². The fourth-order valence-corrected chi connectivity index (χ4v) is 1.51. The first-order valence-electron chi connectivity index (χ1n) is 5.26. The van der Waals surface area contributed by atoms with Crippen LogP contribution in [0.1, 0.15) is 18.5 Å². The van der Waals surface area contributed by atoms with Crippen molar-refractivity contribution < 1.29 is 4.39 Å². The standard InChI is InChI=1S/C12H13FN4/c1-8(9-5-3-2-4-6-9)16-11-10(13)7-15-12(14)17-11/h2-8H,1H3,(H3,14,15,16,17). The van der Waals surface area contributed by atoms with E-state index >= 15 is 0 Å². The Bertz CT molecular complexity index is 501. The molecular weight excluding hydrogens is 219 g/mol. The molecule has 0 aliphatic carbocycles. The number of anilines is 2. The van der Waals surface area contributed by atoms with E-state index in [2.05, 4.69) is 15.3 Å². The van der Waals surface area contributed by atoms with Crippen LogP contribution >= 0.6 is 0 Å². The molecule has 0 fully saturated rings. The first-order valence-corrected chi connectivity index (χ1v) is 5.26. The smallest absolute Gasteiger partial charge is 0.222 e. The van der Waals surface area contributed by atoms with E-state index in [0.717, 1.165) is 11.8 Å². The lowest BCUT2D eigenvalue weighted by Gasteiger charge is -2.15. The first kappa shape index (κ1) is 11.3. The summed E-state index contributed by atoms with van der Waals surface area (Å²) in [6, 6.07) is 9.65. The summed E-state index contributed by atoms with van der Waals surface area (Å²) in [5, 5.41) is 2.96. The molecule has 0 saturated heterocycles. The second kappa shape index (κ2) is 4.78. The number of hydrogen-bond donors (Lipinski definition) is 2. The van der Waals surface area contributed by atoms with Gasteiger partial charge in [-0.3, -0.25) is 0 Å². The zero-order chi connectivity index (χ0) is 12.3. The van der Waals surface area contributed by atoms with E-state index in [0.29, 0.717) is 0 Å². The molecule has 88 valence electrons. The largest absolute Gasteiger partial charge is 0.368 e. The van der Waals surface area contributed by atoms with Crippen molar-refractivity contribution in [2.45, 2.75) is 13.0 Å². The summed E-state index contributed by atoms with van der Waals surface area (Å²) in [5.41, 5.74) is 6.46. The Kier molecular flexibility index (Phi) is 3.18. The van der Waals surface area contributed by atoms with Gasteiger partial charge >= 0.3 is 0 Å². The van der Waals surface area contributed by atoms with Crippen LogP contribution in [-0.2, 0) is 0 Å². The predicted octanol–water partition coefficient (Wildman–Crippen LogP) is 2.37. The van der Waals surface area contributed by atoms with Crippen molar-refractivity contribution >= 4 is 11.8 Å². The van der Waals surface area contributed by atoms with Gasteiger partial charge in [0.2, 0.25) is 5.95 Å². The summed E-state index contributed by atoms with van der Waals surface area (Å²) in [4.78, 5) is 7.39. The highest BCUT2D eigenvalue weighted by Gasteiger charge is 2.10. The summed E-state index contributed by atoms with van der Waals surface area (Å²) in [7, 11) is 0. The van der Waals surface area contributed by atoms with Crippen LogP contribution < -0.4 is 11.1 Å². The Morgan fingerprint density at radius 1 is 1.29 bits per heavy atom. The van der Waals surface area contributed by atoms with Gasteiger partial charge in [0.1, 0.15) is 0 Å². The Hall–Kier alpha value is -2.17. The maximum Gasteiger partial charge on any atom is 0.222 e. The minimum absolute atomic E-state index is 0.0501. The number of nitrogen functional groups attached to an aromatic ring is 1. The molecule has 0 spiro atoms. The van der Waals surface area contributed by atoms with E-state index in [-0.39, 0.29) is 17.8 Å². The highest BCUT2D eigenvalue weighted by Crippen LogP contribution is 2.19. The summed E-state index contributed by atoms with van der Waals surface area (Å²) in [6.07, 6.45) is 1.06. The Balaban J connectivity index is 2.18. The molecule has 2 aromatic rings. The van der Waals surface area contributed by atoms with Crippen molar-refractivity contribution in [3.8, 4) is 0 Å². The van der Waals surface area contributed by atoms with Gasteiger partial charge in [0, 0.05) is 0 Å². The van der Waals surface area contributed by atoms with Crippen molar-refractivity contribution in [2.24, 2.45) is 0 Å². The van der Waals surface area contributed by atoms with Gasteiger partial charge in [-0.05, 0) is 12.5 Å². The van der Waals surface area contributed by atoms with Gasteiger partial charge in [-0.1, -0.05) is 30.3 Å². The van der Waals surface area contributed by atoms with Crippen LogP contribution in [0.5, 0.6) is 0 Å². The number of benzene rings is 1. The quantitative estimate of drug-likeness (QED) is 0.852. The highest BCUT2D eigenvalue weighted by molar-refractivity contribution is 5.41. The number of hydrogen-bond acceptors (Lipinski definition) is 4. The predicted molar refractivity (Wildman–Crippen MR) is 64.9 cm³/mol. The first-order chi connectivity index (χ1) is 8.16. The lowest BCUT2D eigenvalue weighted by molar-refractivity contribution is 0.614. The third-order valence-corrected chi connectivity index (χ3v) is 2.42. The topological polar surface area (TPSA) is 63.8 Å². The summed E-state index contributed by atoms with van der Waals surface area (Å²) in [5.74, 6) is -0.343. The number of rotatable bonds is 3. The molecule has 1 unspecified atom stereocenters. The SMILES string of the molecule is CC(Nc1nc(N)ncc1F)c1ccccc1. The van der Waals surface area contributed by atoms with Crippen molar-refractivity contribution in [1.82, 2.24) is 9.97 Å². The summed E-state index contributed by atoms with van der Waals surface area (Å²) >= 11 is 0. The molecule has 0 aliphatic heterocycles. The molecule has 17 heavy (non-hydrogen) atoms. The fraction of sp³-hybridized carbons (Fsp3) is 0.167. The Labute approximate surface area is 98.7 Å². The van der Waals surface area contributed by atoms with Crippen molar-refractivity contribution in [2.75, 3.05) is 11.1 Å². The summed E-state index contributed by atoms with van der Waals surface area (Å²) in [6.45, 7) is 1.92.